The molecule has 4 saturated carbocycles. The van der Waals surface area contributed by atoms with Gasteiger partial charge in [-0.25, -0.2) is 0 Å². The number of hydrazone groups is 1. The third-order valence-electron chi connectivity index (χ3n) is 10.5. The fourth-order valence-electron chi connectivity index (χ4n) is 7.57. The van der Waals surface area contributed by atoms with E-state index in [1.165, 1.54) is 24.1 Å². The summed E-state index contributed by atoms with van der Waals surface area (Å²) >= 11 is 0. The zero-order valence-corrected chi connectivity index (χ0v) is 20.8. The maximum Gasteiger partial charge on any atom is 0.301 e. The molecule has 0 saturated heterocycles. The number of anilines is 1. The van der Waals surface area contributed by atoms with Crippen LogP contribution in [0.25, 0.3) is 0 Å². The second-order valence-corrected chi connectivity index (χ2v) is 12.1. The lowest BCUT2D eigenvalue weighted by Crippen LogP contribution is -2.38. The molecular formula is C26H34N4O4. The molecular weight excluding hydrogens is 432 g/mol. The first-order valence-corrected chi connectivity index (χ1v) is 12.3. The Morgan fingerprint density at radius 1 is 0.971 bits per heavy atom. The van der Waals surface area contributed by atoms with Crippen molar-refractivity contribution in [3.05, 3.63) is 49.6 Å². The number of hydrogen-bond acceptors (Lipinski definition) is 6. The van der Waals surface area contributed by atoms with Crippen molar-refractivity contribution >= 4 is 22.8 Å². The summed E-state index contributed by atoms with van der Waals surface area (Å²) in [6.45, 7) is 14.2. The van der Waals surface area contributed by atoms with Crippen molar-refractivity contribution in [2.75, 3.05) is 5.43 Å². The van der Waals surface area contributed by atoms with Crippen LogP contribution in [0.3, 0.4) is 0 Å². The molecule has 4 bridgehead atoms. The molecule has 0 unspecified atom stereocenters. The standard InChI is InChI=1S/C26H34N4O4/c1-13-17-9-15(25(13,3)4)10-19(17)23-20-12-18(14(2)26(20,5)6)24(23)28-27-21-8-7-16(29(31)32)11-22(21)30(33)34/h7-8,11,13-15,17-18,20,27H,9-10,12H2,1-6H3/b23-19?,28-24-/t13-,14+,15+,17-,18+,20-/m1/s1. The van der Waals surface area contributed by atoms with Crippen LogP contribution in [0.4, 0.5) is 17.1 Å². The molecule has 6 atom stereocenters. The van der Waals surface area contributed by atoms with E-state index >= 15 is 0 Å². The van der Waals surface area contributed by atoms with Gasteiger partial charge < -0.3 is 0 Å². The molecule has 8 nitrogen and oxygen atoms in total. The lowest BCUT2D eigenvalue weighted by atomic mass is 9.62. The maximum absolute atomic E-state index is 11.6. The van der Waals surface area contributed by atoms with Crippen molar-refractivity contribution in [3.8, 4) is 0 Å². The number of benzene rings is 1. The fourth-order valence-corrected chi connectivity index (χ4v) is 7.57. The first kappa shape index (κ1) is 23.0. The van der Waals surface area contributed by atoms with Crippen LogP contribution in [0.5, 0.6) is 0 Å². The third-order valence-corrected chi connectivity index (χ3v) is 10.5. The summed E-state index contributed by atoms with van der Waals surface area (Å²) in [7, 11) is 0. The zero-order valence-electron chi connectivity index (χ0n) is 20.8. The second kappa shape index (κ2) is 7.36. The Hall–Kier alpha value is -2.77. The minimum atomic E-state index is -0.622. The number of fused-ring (bicyclic) bond motifs is 4. The predicted molar refractivity (Wildman–Crippen MR) is 132 cm³/mol. The van der Waals surface area contributed by atoms with Crippen molar-refractivity contribution in [3.63, 3.8) is 0 Å². The van der Waals surface area contributed by atoms with Gasteiger partial charge in [0.05, 0.1) is 21.6 Å². The highest BCUT2D eigenvalue weighted by Crippen LogP contribution is 2.67. The molecule has 182 valence electrons. The van der Waals surface area contributed by atoms with Gasteiger partial charge in [-0.1, -0.05) is 47.1 Å². The van der Waals surface area contributed by atoms with Crippen LogP contribution in [-0.4, -0.2) is 15.6 Å². The summed E-state index contributed by atoms with van der Waals surface area (Å²) in [5.74, 6) is 3.12. The Labute approximate surface area is 200 Å². The Balaban J connectivity index is 1.56. The lowest BCUT2D eigenvalue weighted by molar-refractivity contribution is -0.393. The molecule has 0 spiro atoms. The molecule has 1 N–H and O–H groups in total. The SMILES string of the molecule is C[C@@H]1[C@H]2C[C@@H](CC2=C2/C(=N\Nc3ccc([N+](=O)[O-])cc3[N+](=O)[O-])[C@H]3C[C@H]2C(C)(C)[C@H]3C)C1(C)C. The van der Waals surface area contributed by atoms with Crippen LogP contribution in [0, 0.1) is 66.6 Å². The molecule has 0 radical (unpaired) electrons. The van der Waals surface area contributed by atoms with Gasteiger partial charge in [-0.05, 0) is 71.3 Å². The molecule has 0 amide bonds. The minimum absolute atomic E-state index is 0.185. The molecule has 4 aliphatic carbocycles. The monoisotopic (exact) mass is 466 g/mol. The molecule has 34 heavy (non-hydrogen) atoms. The van der Waals surface area contributed by atoms with Gasteiger partial charge in [0.1, 0.15) is 5.69 Å². The second-order valence-electron chi connectivity index (χ2n) is 12.1. The van der Waals surface area contributed by atoms with E-state index in [1.54, 1.807) is 5.57 Å². The number of non-ortho nitro benzene ring substituents is 1. The zero-order chi connectivity index (χ0) is 24.7. The van der Waals surface area contributed by atoms with Crippen molar-refractivity contribution in [1.29, 1.82) is 0 Å². The molecule has 0 heterocycles. The van der Waals surface area contributed by atoms with Crippen molar-refractivity contribution in [2.24, 2.45) is 51.4 Å². The number of allylic oxidation sites excluding steroid dienone is 2. The van der Waals surface area contributed by atoms with E-state index in [4.69, 9.17) is 5.10 Å². The summed E-state index contributed by atoms with van der Waals surface area (Å²) < 4.78 is 0. The normalized spacial score (nSPS) is 38.0. The van der Waals surface area contributed by atoms with Crippen LogP contribution in [0.2, 0.25) is 0 Å². The average Bonchev–Trinajstić information content (AvgIpc) is 3.47. The molecule has 8 heteroatoms. The summed E-state index contributed by atoms with van der Waals surface area (Å²) in [5.41, 5.74) is 7.06. The van der Waals surface area contributed by atoms with Gasteiger partial charge in [0.2, 0.25) is 0 Å². The van der Waals surface area contributed by atoms with Crippen molar-refractivity contribution in [1.82, 2.24) is 0 Å². The van der Waals surface area contributed by atoms with Gasteiger partial charge in [0.25, 0.3) is 5.69 Å². The van der Waals surface area contributed by atoms with Crippen LogP contribution in [0.15, 0.2) is 34.4 Å². The number of hydrogen-bond donors (Lipinski definition) is 1. The highest BCUT2D eigenvalue weighted by molar-refractivity contribution is 6.07. The largest absolute Gasteiger partial charge is 0.301 e. The maximum atomic E-state index is 11.6. The van der Waals surface area contributed by atoms with Crippen molar-refractivity contribution < 1.29 is 9.85 Å². The number of nitrogens with zero attached hydrogens (tertiary/aromatic N) is 3. The topological polar surface area (TPSA) is 111 Å². The highest BCUT2D eigenvalue weighted by atomic mass is 16.6. The van der Waals surface area contributed by atoms with E-state index in [9.17, 15) is 20.2 Å². The molecule has 1 aromatic rings. The summed E-state index contributed by atoms with van der Waals surface area (Å²) in [5, 5.41) is 27.5. The van der Waals surface area contributed by atoms with Crippen LogP contribution in [0.1, 0.15) is 60.8 Å². The lowest BCUT2D eigenvalue weighted by Gasteiger charge is -2.42. The molecule has 0 aromatic heterocycles. The minimum Gasteiger partial charge on any atom is -0.271 e. The number of nitro groups is 2. The van der Waals surface area contributed by atoms with Gasteiger partial charge in [-0.15, -0.1) is 0 Å². The molecule has 5 rings (SSSR count). The predicted octanol–water partition coefficient (Wildman–Crippen LogP) is 6.58. The Morgan fingerprint density at radius 2 is 1.65 bits per heavy atom. The summed E-state index contributed by atoms with van der Waals surface area (Å²) in [4.78, 5) is 21.5. The van der Waals surface area contributed by atoms with Crippen molar-refractivity contribution in [2.45, 2.75) is 60.8 Å². The quantitative estimate of drug-likeness (QED) is 0.398. The van der Waals surface area contributed by atoms with Gasteiger partial charge in [-0.3, -0.25) is 25.7 Å². The smallest absolute Gasteiger partial charge is 0.271 e. The highest BCUT2D eigenvalue weighted by Gasteiger charge is 2.60. The molecule has 4 fully saturated rings. The van der Waals surface area contributed by atoms with E-state index in [-0.39, 0.29) is 22.5 Å². The Kier molecular flexibility index (Phi) is 4.98. The van der Waals surface area contributed by atoms with Crippen LogP contribution in [-0.2, 0) is 0 Å². The molecule has 1 aromatic carbocycles. The third kappa shape index (κ3) is 3.06. The van der Waals surface area contributed by atoms with E-state index < -0.39 is 9.85 Å². The van der Waals surface area contributed by atoms with Crippen LogP contribution >= 0.6 is 0 Å². The van der Waals surface area contributed by atoms with Gasteiger partial charge in [0, 0.05) is 12.0 Å². The molecule has 0 aliphatic heterocycles. The number of nitro benzene ring substituents is 2. The van der Waals surface area contributed by atoms with E-state index in [1.807, 2.05) is 0 Å². The Morgan fingerprint density at radius 3 is 2.24 bits per heavy atom. The van der Waals surface area contributed by atoms with E-state index in [2.05, 4.69) is 47.0 Å². The molecule has 4 aliphatic rings. The number of nitrogens with one attached hydrogen (secondary N) is 1. The van der Waals surface area contributed by atoms with Gasteiger partial charge >= 0.3 is 5.69 Å². The Bertz CT molecular complexity index is 1150. The van der Waals surface area contributed by atoms with E-state index in [0.717, 1.165) is 24.6 Å². The summed E-state index contributed by atoms with van der Waals surface area (Å²) in [6.07, 6.45) is 3.45. The fraction of sp³-hybridized carbons (Fsp3) is 0.654. The average molecular weight is 467 g/mol. The summed E-state index contributed by atoms with van der Waals surface area (Å²) in [6, 6.07) is 3.66. The van der Waals surface area contributed by atoms with E-state index in [0.29, 0.717) is 40.9 Å². The van der Waals surface area contributed by atoms with Gasteiger partial charge in [0.15, 0.2) is 0 Å². The first-order chi connectivity index (χ1) is 15.9. The van der Waals surface area contributed by atoms with Crippen LogP contribution < -0.4 is 5.43 Å². The first-order valence-electron chi connectivity index (χ1n) is 12.3. The van der Waals surface area contributed by atoms with Gasteiger partial charge in [-0.2, -0.15) is 5.10 Å². The number of rotatable bonds is 4.